The van der Waals surface area contributed by atoms with Crippen molar-refractivity contribution < 1.29 is 23.8 Å². The smallest absolute Gasteiger partial charge is 0.295 e. The van der Waals surface area contributed by atoms with Crippen LogP contribution in [-0.4, -0.2) is 34.8 Å². The molecule has 1 saturated heterocycles. The van der Waals surface area contributed by atoms with Crippen molar-refractivity contribution >= 4 is 28.8 Å². The SMILES string of the molecule is CCCOc1ccc(/C(O)=C2/C(=O)C(=O)N(CCc3ccc(F)cc3)C2c2cccs2)cc1C. The fraction of sp³-hybridized carbons (Fsp3) is 0.259. The third-order valence-corrected chi connectivity index (χ3v) is 6.74. The number of hydrogen-bond acceptors (Lipinski definition) is 5. The predicted molar refractivity (Wildman–Crippen MR) is 130 cm³/mol. The lowest BCUT2D eigenvalue weighted by molar-refractivity contribution is -0.139. The number of halogens is 1. The molecule has 0 bridgehead atoms. The maximum absolute atomic E-state index is 13.3. The highest BCUT2D eigenvalue weighted by Gasteiger charge is 2.46. The van der Waals surface area contributed by atoms with E-state index in [2.05, 4.69) is 0 Å². The zero-order valence-corrected chi connectivity index (χ0v) is 19.9. The predicted octanol–water partition coefficient (Wildman–Crippen LogP) is 5.65. The van der Waals surface area contributed by atoms with Crippen molar-refractivity contribution in [3.8, 4) is 5.75 Å². The number of carbonyl (C=O) groups is 2. The van der Waals surface area contributed by atoms with Gasteiger partial charge in [0.2, 0.25) is 0 Å². The number of amides is 1. The first-order valence-electron chi connectivity index (χ1n) is 11.2. The summed E-state index contributed by atoms with van der Waals surface area (Å²) in [6, 6.07) is 14.3. The number of benzene rings is 2. The third kappa shape index (κ3) is 4.75. The lowest BCUT2D eigenvalue weighted by atomic mass is 9.98. The largest absolute Gasteiger partial charge is 0.507 e. The number of likely N-dealkylation sites (tertiary alicyclic amines) is 1. The number of aliphatic hydroxyl groups excluding tert-OH is 1. The van der Waals surface area contributed by atoms with E-state index in [1.807, 2.05) is 31.4 Å². The number of aryl methyl sites for hydroxylation is 1. The van der Waals surface area contributed by atoms with Crippen LogP contribution in [0.5, 0.6) is 5.75 Å². The number of ketones is 1. The van der Waals surface area contributed by atoms with Gasteiger partial charge in [0, 0.05) is 17.0 Å². The summed E-state index contributed by atoms with van der Waals surface area (Å²) in [5.41, 5.74) is 2.22. The molecule has 1 fully saturated rings. The van der Waals surface area contributed by atoms with Crippen molar-refractivity contribution in [1.82, 2.24) is 4.90 Å². The van der Waals surface area contributed by atoms with Crippen LogP contribution in [-0.2, 0) is 16.0 Å². The standard InChI is InChI=1S/C27H26FNO4S/c1-3-14-33-21-11-8-19(16-17(21)2)25(30)23-24(22-5-4-15-34-22)29(27(32)26(23)31)13-12-18-6-9-20(28)10-7-18/h4-11,15-16,24,30H,3,12-14H2,1-2H3/b25-23-. The zero-order chi connectivity index (χ0) is 24.2. The van der Waals surface area contributed by atoms with E-state index < -0.39 is 17.7 Å². The molecule has 5 nitrogen and oxygen atoms in total. The van der Waals surface area contributed by atoms with Crippen LogP contribution in [0.2, 0.25) is 0 Å². The van der Waals surface area contributed by atoms with Gasteiger partial charge < -0.3 is 14.7 Å². The molecule has 1 amide bonds. The molecule has 2 heterocycles. The Balaban J connectivity index is 1.69. The first-order valence-corrected chi connectivity index (χ1v) is 12.1. The molecule has 1 aliphatic rings. The van der Waals surface area contributed by atoms with E-state index in [4.69, 9.17) is 4.74 Å². The number of Topliss-reactive ketones (excluding diaryl/α,β-unsaturated/α-hetero) is 1. The second-order valence-electron chi connectivity index (χ2n) is 8.21. The Bertz CT molecular complexity index is 1220. The fourth-order valence-corrected chi connectivity index (χ4v) is 4.93. The summed E-state index contributed by atoms with van der Waals surface area (Å²) in [6.45, 7) is 4.75. The van der Waals surface area contributed by atoms with E-state index >= 15 is 0 Å². The Morgan fingerprint density at radius 3 is 2.56 bits per heavy atom. The molecule has 1 atom stereocenters. The van der Waals surface area contributed by atoms with Crippen LogP contribution in [0.1, 0.15) is 41.0 Å². The molecule has 2 aromatic carbocycles. The molecule has 176 valence electrons. The number of aliphatic hydroxyl groups is 1. The van der Waals surface area contributed by atoms with Gasteiger partial charge in [-0.05, 0) is 72.7 Å². The first kappa shape index (κ1) is 23.7. The molecule has 3 aromatic rings. The molecule has 0 spiro atoms. The van der Waals surface area contributed by atoms with E-state index in [1.54, 1.807) is 30.3 Å². The molecule has 1 aromatic heterocycles. The van der Waals surface area contributed by atoms with Crippen molar-refractivity contribution in [3.63, 3.8) is 0 Å². The van der Waals surface area contributed by atoms with Crippen molar-refractivity contribution in [1.29, 1.82) is 0 Å². The Morgan fingerprint density at radius 1 is 1.15 bits per heavy atom. The molecular formula is C27H26FNO4S. The van der Waals surface area contributed by atoms with Gasteiger partial charge in [0.15, 0.2) is 0 Å². The summed E-state index contributed by atoms with van der Waals surface area (Å²) in [4.78, 5) is 28.4. The van der Waals surface area contributed by atoms with Gasteiger partial charge in [-0.3, -0.25) is 9.59 Å². The highest BCUT2D eigenvalue weighted by Crippen LogP contribution is 2.41. The van der Waals surface area contributed by atoms with Crippen molar-refractivity contribution in [2.75, 3.05) is 13.2 Å². The summed E-state index contributed by atoms with van der Waals surface area (Å²) >= 11 is 1.42. The van der Waals surface area contributed by atoms with Crippen molar-refractivity contribution in [3.05, 3.63) is 92.9 Å². The molecule has 7 heteroatoms. The summed E-state index contributed by atoms with van der Waals surface area (Å²) in [5.74, 6) is -1.18. The molecule has 1 unspecified atom stereocenters. The van der Waals surface area contributed by atoms with Crippen molar-refractivity contribution in [2.45, 2.75) is 32.7 Å². The maximum atomic E-state index is 13.3. The molecule has 4 rings (SSSR count). The number of rotatable bonds is 8. The average molecular weight is 480 g/mol. The van der Waals surface area contributed by atoms with Gasteiger partial charge in [-0.15, -0.1) is 11.3 Å². The van der Waals surface area contributed by atoms with Gasteiger partial charge in [-0.25, -0.2) is 4.39 Å². The van der Waals surface area contributed by atoms with E-state index in [9.17, 15) is 19.1 Å². The van der Waals surface area contributed by atoms with Crippen LogP contribution in [0.15, 0.2) is 65.6 Å². The minimum absolute atomic E-state index is 0.0770. The Hall–Kier alpha value is -3.45. The molecule has 0 radical (unpaired) electrons. The van der Waals surface area contributed by atoms with E-state index in [0.717, 1.165) is 22.4 Å². The summed E-state index contributed by atoms with van der Waals surface area (Å²) in [5, 5.41) is 13.1. The summed E-state index contributed by atoms with van der Waals surface area (Å²) < 4.78 is 19.0. The number of ether oxygens (including phenoxy) is 1. The average Bonchev–Trinajstić information content (AvgIpc) is 3.45. The van der Waals surface area contributed by atoms with Crippen LogP contribution in [0.3, 0.4) is 0 Å². The molecule has 0 aliphatic carbocycles. The normalized spacial score (nSPS) is 17.4. The van der Waals surface area contributed by atoms with Gasteiger partial charge >= 0.3 is 0 Å². The first-order chi connectivity index (χ1) is 16.4. The summed E-state index contributed by atoms with van der Waals surface area (Å²) in [6.07, 6.45) is 1.33. The highest BCUT2D eigenvalue weighted by molar-refractivity contribution is 7.10. The third-order valence-electron chi connectivity index (χ3n) is 5.82. The molecule has 1 N–H and O–H groups in total. The number of carbonyl (C=O) groups excluding carboxylic acids is 2. The van der Waals surface area contributed by atoms with E-state index in [1.165, 1.54) is 28.4 Å². The molecule has 1 aliphatic heterocycles. The minimum Gasteiger partial charge on any atom is -0.507 e. The van der Waals surface area contributed by atoms with Crippen LogP contribution in [0.4, 0.5) is 4.39 Å². The molecular weight excluding hydrogens is 453 g/mol. The Morgan fingerprint density at radius 2 is 1.91 bits per heavy atom. The Labute approximate surface area is 202 Å². The van der Waals surface area contributed by atoms with Gasteiger partial charge in [-0.2, -0.15) is 0 Å². The van der Waals surface area contributed by atoms with Crippen LogP contribution in [0, 0.1) is 12.7 Å². The van der Waals surface area contributed by atoms with Crippen LogP contribution >= 0.6 is 11.3 Å². The maximum Gasteiger partial charge on any atom is 0.295 e. The fourth-order valence-electron chi connectivity index (χ4n) is 4.08. The van der Waals surface area contributed by atoms with Gasteiger partial charge in [0.1, 0.15) is 17.3 Å². The zero-order valence-electron chi connectivity index (χ0n) is 19.1. The van der Waals surface area contributed by atoms with Crippen LogP contribution < -0.4 is 4.74 Å². The van der Waals surface area contributed by atoms with E-state index in [-0.39, 0.29) is 23.7 Å². The number of hydrogen-bond donors (Lipinski definition) is 1. The van der Waals surface area contributed by atoms with Crippen molar-refractivity contribution in [2.24, 2.45) is 0 Å². The monoisotopic (exact) mass is 479 g/mol. The lowest BCUT2D eigenvalue weighted by Crippen LogP contribution is -2.31. The number of thiophene rings is 1. The second kappa shape index (κ2) is 10.2. The molecule has 0 saturated carbocycles. The van der Waals surface area contributed by atoms with Gasteiger partial charge in [-0.1, -0.05) is 25.1 Å². The topological polar surface area (TPSA) is 66.8 Å². The second-order valence-corrected chi connectivity index (χ2v) is 9.19. The highest BCUT2D eigenvalue weighted by atomic mass is 32.1. The van der Waals surface area contributed by atoms with Gasteiger partial charge in [0.25, 0.3) is 11.7 Å². The minimum atomic E-state index is -0.709. The lowest BCUT2D eigenvalue weighted by Gasteiger charge is -2.24. The Kier molecular flexibility index (Phi) is 7.12. The molecule has 34 heavy (non-hydrogen) atoms. The quantitative estimate of drug-likeness (QED) is 0.258. The van der Waals surface area contributed by atoms with E-state index in [0.29, 0.717) is 24.3 Å². The van der Waals surface area contributed by atoms with Gasteiger partial charge in [0.05, 0.1) is 18.2 Å². The number of nitrogens with zero attached hydrogens (tertiary/aromatic N) is 1. The summed E-state index contributed by atoms with van der Waals surface area (Å²) in [7, 11) is 0. The van der Waals surface area contributed by atoms with Crippen LogP contribution in [0.25, 0.3) is 5.76 Å².